The van der Waals surface area contributed by atoms with Gasteiger partial charge in [0.25, 0.3) is 0 Å². The van der Waals surface area contributed by atoms with Crippen LogP contribution >= 0.6 is 0 Å². The van der Waals surface area contributed by atoms with Crippen molar-refractivity contribution in [1.82, 2.24) is 0 Å². The van der Waals surface area contributed by atoms with Gasteiger partial charge in [0.2, 0.25) is 0 Å². The average molecular weight is 589 g/mol. The number of carbonyl (C=O) groups excluding carboxylic acids is 2. The quantitative estimate of drug-likeness (QED) is 0.136. The Balaban J connectivity index is 1.30. The highest BCUT2D eigenvalue weighted by molar-refractivity contribution is 6.02. The molecule has 3 aromatic carbocycles. The summed E-state index contributed by atoms with van der Waals surface area (Å²) in [5.74, 6) is -2.41. The summed E-state index contributed by atoms with van der Waals surface area (Å²) >= 11 is 0. The molecule has 43 heavy (non-hydrogen) atoms. The zero-order chi connectivity index (χ0) is 30.0. The van der Waals surface area contributed by atoms with Crippen molar-refractivity contribution >= 4 is 11.8 Å². The maximum Gasteiger partial charge on any atom is 0.573 e. The maximum atomic E-state index is 14.3. The molecular formula is C36H35F3O4. The second kappa shape index (κ2) is 12.4. The fourth-order valence-electron chi connectivity index (χ4n) is 6.86. The van der Waals surface area contributed by atoms with Crippen LogP contribution in [0.25, 0.3) is 0 Å². The van der Waals surface area contributed by atoms with Gasteiger partial charge < -0.3 is 9.47 Å². The third-order valence-electron chi connectivity index (χ3n) is 9.06. The first-order chi connectivity index (χ1) is 20.8. The molecule has 0 saturated heterocycles. The van der Waals surface area contributed by atoms with E-state index in [0.29, 0.717) is 6.42 Å². The number of ether oxygens (including phenoxy) is 2. The van der Waals surface area contributed by atoms with Gasteiger partial charge in [-0.1, -0.05) is 83.9 Å². The van der Waals surface area contributed by atoms with Crippen LogP contribution in [-0.4, -0.2) is 18.1 Å². The summed E-state index contributed by atoms with van der Waals surface area (Å²) in [7, 11) is 0. The fourth-order valence-corrected chi connectivity index (χ4v) is 6.86. The van der Waals surface area contributed by atoms with Crippen LogP contribution in [0.2, 0.25) is 0 Å². The highest BCUT2D eigenvalue weighted by Crippen LogP contribution is 2.53. The van der Waals surface area contributed by atoms with E-state index in [-0.39, 0.29) is 41.8 Å². The minimum Gasteiger partial charge on any atom is -0.460 e. The van der Waals surface area contributed by atoms with E-state index in [1.54, 1.807) is 12.1 Å². The number of carbonyl (C=O) groups is 2. The normalized spacial score (nSPS) is 23.8. The molecule has 3 unspecified atom stereocenters. The van der Waals surface area contributed by atoms with Crippen molar-refractivity contribution in [1.29, 1.82) is 0 Å². The van der Waals surface area contributed by atoms with Gasteiger partial charge in [0.1, 0.15) is 18.3 Å². The van der Waals surface area contributed by atoms with Crippen LogP contribution in [0.5, 0.6) is 5.75 Å². The molecule has 0 heterocycles. The first kappa shape index (κ1) is 29.2. The lowest BCUT2D eigenvalue weighted by atomic mass is 9.65. The smallest absolute Gasteiger partial charge is 0.460 e. The summed E-state index contributed by atoms with van der Waals surface area (Å²) in [6.07, 6.45) is 1.07. The second-order valence-corrected chi connectivity index (χ2v) is 12.0. The Hall–Kier alpha value is -3.87. The monoisotopic (exact) mass is 588 g/mol. The van der Waals surface area contributed by atoms with E-state index in [0.717, 1.165) is 49.7 Å². The Labute approximate surface area is 249 Å². The van der Waals surface area contributed by atoms with E-state index in [9.17, 15) is 22.8 Å². The van der Waals surface area contributed by atoms with Gasteiger partial charge in [-0.15, -0.1) is 13.2 Å². The lowest BCUT2D eigenvalue weighted by Crippen LogP contribution is -2.39. The van der Waals surface area contributed by atoms with Crippen molar-refractivity contribution in [2.75, 3.05) is 0 Å². The predicted octanol–water partition coefficient (Wildman–Crippen LogP) is 8.37. The zero-order valence-corrected chi connectivity index (χ0v) is 23.9. The van der Waals surface area contributed by atoms with Crippen LogP contribution in [0.1, 0.15) is 61.1 Å². The van der Waals surface area contributed by atoms with Crippen molar-refractivity contribution in [3.63, 3.8) is 0 Å². The summed E-state index contributed by atoms with van der Waals surface area (Å²) in [4.78, 5) is 28.2. The Morgan fingerprint density at radius 3 is 2.12 bits per heavy atom. The largest absolute Gasteiger partial charge is 0.573 e. The third-order valence-corrected chi connectivity index (χ3v) is 9.06. The first-order valence-electron chi connectivity index (χ1n) is 15.1. The molecule has 7 heteroatoms. The number of rotatable bonds is 10. The Morgan fingerprint density at radius 1 is 0.837 bits per heavy atom. The van der Waals surface area contributed by atoms with E-state index < -0.39 is 18.2 Å². The molecular weight excluding hydrogens is 553 g/mol. The molecule has 3 aliphatic carbocycles. The molecule has 5 atom stereocenters. The summed E-state index contributed by atoms with van der Waals surface area (Å²) in [5, 5.41) is 0. The Morgan fingerprint density at radius 2 is 1.49 bits per heavy atom. The van der Waals surface area contributed by atoms with Gasteiger partial charge in [-0.3, -0.25) is 9.59 Å². The van der Waals surface area contributed by atoms with Crippen LogP contribution in [0.15, 0.2) is 96.1 Å². The topological polar surface area (TPSA) is 52.6 Å². The van der Waals surface area contributed by atoms with Crippen molar-refractivity contribution in [2.24, 2.45) is 23.7 Å². The molecule has 3 aliphatic rings. The van der Waals surface area contributed by atoms with E-state index in [4.69, 9.17) is 4.74 Å². The Kier molecular flexibility index (Phi) is 8.42. The molecule has 224 valence electrons. The maximum absolute atomic E-state index is 14.3. The molecule has 0 aromatic heterocycles. The van der Waals surface area contributed by atoms with E-state index in [2.05, 4.69) is 16.9 Å². The van der Waals surface area contributed by atoms with Gasteiger partial charge in [-0.25, -0.2) is 0 Å². The number of hydrogen-bond donors (Lipinski definition) is 0. The summed E-state index contributed by atoms with van der Waals surface area (Å²) < 4.78 is 48.5. The molecule has 0 bridgehead atoms. The number of ketones is 1. The van der Waals surface area contributed by atoms with E-state index in [1.807, 2.05) is 48.5 Å². The predicted molar refractivity (Wildman–Crippen MR) is 156 cm³/mol. The van der Waals surface area contributed by atoms with E-state index in [1.165, 1.54) is 28.8 Å². The molecule has 0 aliphatic heterocycles. The number of Topliss-reactive ketones (excluding diaryl/α,β-unsaturated/α-hetero) is 1. The van der Waals surface area contributed by atoms with Crippen molar-refractivity contribution in [2.45, 2.75) is 63.8 Å². The molecule has 4 nitrogen and oxygen atoms in total. The highest BCUT2D eigenvalue weighted by Gasteiger charge is 2.52. The van der Waals surface area contributed by atoms with E-state index >= 15 is 0 Å². The first-order valence-corrected chi connectivity index (χ1v) is 15.1. The van der Waals surface area contributed by atoms with Gasteiger partial charge in [-0.05, 0) is 85.6 Å². The van der Waals surface area contributed by atoms with Gasteiger partial charge in [-0.2, -0.15) is 0 Å². The lowest BCUT2D eigenvalue weighted by Gasteiger charge is -2.38. The number of halogens is 3. The molecule has 3 aromatic rings. The van der Waals surface area contributed by atoms with Crippen molar-refractivity contribution in [3.05, 3.63) is 113 Å². The molecule has 3 saturated carbocycles. The van der Waals surface area contributed by atoms with Gasteiger partial charge in [0.05, 0.1) is 0 Å². The summed E-state index contributed by atoms with van der Waals surface area (Å²) in [6, 6.07) is 25.4. The van der Waals surface area contributed by atoms with Crippen LogP contribution in [-0.2, 0) is 27.4 Å². The van der Waals surface area contributed by atoms with Gasteiger partial charge in [0.15, 0.2) is 5.78 Å². The molecule has 0 N–H and O–H groups in total. The molecule has 0 amide bonds. The van der Waals surface area contributed by atoms with Gasteiger partial charge in [0, 0.05) is 11.8 Å². The minimum atomic E-state index is -4.78. The molecule has 6 rings (SSSR count). The molecule has 3 fully saturated rings. The second-order valence-electron chi connectivity index (χ2n) is 12.0. The number of hydrogen-bond acceptors (Lipinski definition) is 4. The lowest BCUT2D eigenvalue weighted by molar-refractivity contribution is -0.274. The Bertz CT molecular complexity index is 1460. The van der Waals surface area contributed by atoms with Crippen LogP contribution in [0.4, 0.5) is 13.2 Å². The molecule has 0 radical (unpaired) electrons. The average Bonchev–Trinajstić information content (AvgIpc) is 3.93. The minimum absolute atomic E-state index is 0.0620. The highest BCUT2D eigenvalue weighted by atomic mass is 19.4. The summed E-state index contributed by atoms with van der Waals surface area (Å²) in [6.45, 7) is 0.0797. The van der Waals surface area contributed by atoms with Gasteiger partial charge >= 0.3 is 12.3 Å². The fraction of sp³-hybridized carbons (Fsp3) is 0.389. The SMILES string of the molecule is O=C(OCc1ccccc1)C(C(=O)C1CC1Cc1ccccc1)[C@@H]1CCCC(=C2CC2)[C@H]1c1ccc(OC(F)(F)F)cc1. The summed E-state index contributed by atoms with van der Waals surface area (Å²) in [5.41, 5.74) is 5.38. The van der Waals surface area contributed by atoms with Crippen LogP contribution in [0.3, 0.4) is 0 Å². The number of alkyl halides is 3. The third kappa shape index (κ3) is 7.20. The number of allylic oxidation sites excluding steroid dienone is 2. The van der Waals surface area contributed by atoms with Crippen LogP contribution in [0, 0.1) is 23.7 Å². The number of benzene rings is 3. The van der Waals surface area contributed by atoms with Crippen molar-refractivity contribution in [3.8, 4) is 5.75 Å². The zero-order valence-electron chi connectivity index (χ0n) is 23.9. The standard InChI is InChI=1S/C36H35F3O4/c37-36(38,39)43-28-18-16-26(17-19-28)32-29(25-14-15-25)12-7-13-30(32)33(35(41)42-22-24-10-5-2-6-11-24)34(40)31-21-27(31)20-23-8-3-1-4-9-23/h1-6,8-11,16-19,27,30-33H,7,12-15,20-22H2/t27?,30-,31?,32-,33?/m1/s1. The molecule has 0 spiro atoms. The van der Waals surface area contributed by atoms with Crippen molar-refractivity contribution < 1.29 is 32.2 Å². The van der Waals surface area contributed by atoms with Crippen LogP contribution < -0.4 is 4.74 Å². The number of esters is 1.